The highest BCUT2D eigenvalue weighted by molar-refractivity contribution is 7.92. The SMILES string of the molecule is COc1ccc(NS(=O)(=O)c2ccc(C=Cc3onc(C)c3NC(=O)C3CC3)cc2)cc1. The molecule has 0 saturated heterocycles. The highest BCUT2D eigenvalue weighted by Crippen LogP contribution is 2.32. The second-order valence-electron chi connectivity index (χ2n) is 7.51. The Balaban J connectivity index is 1.45. The number of aryl methyl sites for hydroxylation is 1. The number of hydrogen-bond acceptors (Lipinski definition) is 6. The Bertz CT molecular complexity index is 1240. The van der Waals surface area contributed by atoms with Gasteiger partial charge in [-0.1, -0.05) is 23.4 Å². The summed E-state index contributed by atoms with van der Waals surface area (Å²) >= 11 is 0. The molecule has 1 fully saturated rings. The number of carbonyl (C=O) groups is 1. The molecule has 2 N–H and O–H groups in total. The average Bonchev–Trinajstić information content (AvgIpc) is 3.59. The summed E-state index contributed by atoms with van der Waals surface area (Å²) in [6.45, 7) is 1.76. The fourth-order valence-corrected chi connectivity index (χ4v) is 4.09. The Labute approximate surface area is 186 Å². The molecule has 0 bridgehead atoms. The van der Waals surface area contributed by atoms with E-state index >= 15 is 0 Å². The largest absolute Gasteiger partial charge is 0.497 e. The molecule has 1 aliphatic rings. The lowest BCUT2D eigenvalue weighted by Gasteiger charge is -2.09. The number of rotatable bonds is 8. The summed E-state index contributed by atoms with van der Waals surface area (Å²) in [7, 11) is -2.18. The predicted octanol–water partition coefficient (Wildman–Crippen LogP) is 4.31. The van der Waals surface area contributed by atoms with Crippen molar-refractivity contribution in [1.82, 2.24) is 5.16 Å². The number of benzene rings is 2. The van der Waals surface area contributed by atoms with Crippen molar-refractivity contribution in [3.05, 3.63) is 65.5 Å². The number of nitrogens with one attached hydrogen (secondary N) is 2. The van der Waals surface area contributed by atoms with E-state index in [4.69, 9.17) is 9.26 Å². The molecule has 0 spiro atoms. The molecule has 1 aromatic heterocycles. The number of methoxy groups -OCH3 is 1. The number of nitrogens with zero attached hydrogens (tertiary/aromatic N) is 1. The summed E-state index contributed by atoms with van der Waals surface area (Å²) in [5.41, 5.74) is 2.36. The fourth-order valence-electron chi connectivity index (χ4n) is 3.03. The van der Waals surface area contributed by atoms with Gasteiger partial charge >= 0.3 is 0 Å². The molecule has 0 radical (unpaired) electrons. The first-order valence-electron chi connectivity index (χ1n) is 10.1. The van der Waals surface area contributed by atoms with Crippen molar-refractivity contribution < 1.29 is 22.5 Å². The summed E-state index contributed by atoms with van der Waals surface area (Å²) in [5, 5.41) is 6.80. The summed E-state index contributed by atoms with van der Waals surface area (Å²) in [4.78, 5) is 12.2. The van der Waals surface area contributed by atoms with E-state index in [9.17, 15) is 13.2 Å². The van der Waals surface area contributed by atoms with Gasteiger partial charge in [0.2, 0.25) is 5.91 Å². The first kappa shape index (κ1) is 21.6. The molecule has 1 heterocycles. The molecule has 1 saturated carbocycles. The van der Waals surface area contributed by atoms with Crippen molar-refractivity contribution in [2.75, 3.05) is 17.1 Å². The van der Waals surface area contributed by atoms with Crippen molar-refractivity contribution in [2.24, 2.45) is 5.92 Å². The topological polar surface area (TPSA) is 111 Å². The number of ether oxygens (including phenoxy) is 1. The zero-order valence-corrected chi connectivity index (χ0v) is 18.5. The molecule has 9 heteroatoms. The molecule has 0 aliphatic heterocycles. The van der Waals surface area contributed by atoms with Crippen molar-refractivity contribution in [3.8, 4) is 5.75 Å². The van der Waals surface area contributed by atoms with Gasteiger partial charge in [0, 0.05) is 11.6 Å². The molecule has 2 aromatic carbocycles. The van der Waals surface area contributed by atoms with Crippen LogP contribution in [-0.4, -0.2) is 26.6 Å². The van der Waals surface area contributed by atoms with Crippen molar-refractivity contribution >= 4 is 39.5 Å². The van der Waals surface area contributed by atoms with E-state index in [-0.39, 0.29) is 16.7 Å². The van der Waals surface area contributed by atoms with Crippen LogP contribution in [0.5, 0.6) is 5.75 Å². The fraction of sp³-hybridized carbons (Fsp3) is 0.217. The van der Waals surface area contributed by atoms with Gasteiger partial charge in [0.1, 0.15) is 17.1 Å². The molecule has 0 unspecified atom stereocenters. The van der Waals surface area contributed by atoms with E-state index in [0.717, 1.165) is 18.4 Å². The summed E-state index contributed by atoms with van der Waals surface area (Å²) in [6.07, 6.45) is 5.27. The molecule has 8 nitrogen and oxygen atoms in total. The second kappa shape index (κ2) is 8.88. The van der Waals surface area contributed by atoms with Crippen LogP contribution < -0.4 is 14.8 Å². The zero-order chi connectivity index (χ0) is 22.7. The number of aromatic nitrogens is 1. The Morgan fingerprint density at radius 3 is 2.41 bits per heavy atom. The van der Waals surface area contributed by atoms with Gasteiger partial charge in [0.15, 0.2) is 5.76 Å². The molecule has 0 atom stereocenters. The maximum atomic E-state index is 12.6. The van der Waals surface area contributed by atoms with Crippen LogP contribution in [0.1, 0.15) is 29.9 Å². The minimum Gasteiger partial charge on any atom is -0.497 e. The van der Waals surface area contributed by atoms with Gasteiger partial charge < -0.3 is 14.6 Å². The van der Waals surface area contributed by atoms with E-state index in [1.54, 1.807) is 62.6 Å². The Hall–Kier alpha value is -3.59. The number of carbonyl (C=O) groups excluding carboxylic acids is 1. The lowest BCUT2D eigenvalue weighted by molar-refractivity contribution is -0.117. The van der Waals surface area contributed by atoms with Crippen LogP contribution in [0.15, 0.2) is 57.9 Å². The summed E-state index contributed by atoms with van der Waals surface area (Å²) < 4.78 is 38.2. The molecule has 166 valence electrons. The van der Waals surface area contributed by atoms with E-state index in [0.29, 0.717) is 28.6 Å². The summed E-state index contributed by atoms with van der Waals surface area (Å²) in [5.74, 6) is 1.13. The first-order chi connectivity index (χ1) is 15.4. The van der Waals surface area contributed by atoms with Crippen LogP contribution in [0.25, 0.3) is 12.2 Å². The first-order valence-corrected chi connectivity index (χ1v) is 11.6. The monoisotopic (exact) mass is 453 g/mol. The van der Waals surface area contributed by atoms with Crippen LogP contribution >= 0.6 is 0 Å². The van der Waals surface area contributed by atoms with Gasteiger partial charge in [-0.05, 0) is 67.8 Å². The maximum absolute atomic E-state index is 12.6. The van der Waals surface area contributed by atoms with Crippen molar-refractivity contribution in [2.45, 2.75) is 24.7 Å². The van der Waals surface area contributed by atoms with Crippen molar-refractivity contribution in [1.29, 1.82) is 0 Å². The van der Waals surface area contributed by atoms with Gasteiger partial charge in [-0.15, -0.1) is 0 Å². The van der Waals surface area contributed by atoms with Crippen LogP contribution in [0.4, 0.5) is 11.4 Å². The zero-order valence-electron chi connectivity index (χ0n) is 17.7. The molecule has 1 amide bonds. The molecule has 1 aliphatic carbocycles. The van der Waals surface area contributed by atoms with Gasteiger partial charge in [-0.3, -0.25) is 9.52 Å². The third-order valence-electron chi connectivity index (χ3n) is 5.05. The van der Waals surface area contributed by atoms with Crippen LogP contribution in [0.2, 0.25) is 0 Å². The average molecular weight is 454 g/mol. The van der Waals surface area contributed by atoms with Crippen LogP contribution in [-0.2, 0) is 14.8 Å². The van der Waals surface area contributed by atoms with E-state index in [1.807, 2.05) is 0 Å². The highest BCUT2D eigenvalue weighted by Gasteiger charge is 2.30. The number of sulfonamides is 1. The van der Waals surface area contributed by atoms with Gasteiger partial charge in [0.25, 0.3) is 10.0 Å². The normalized spacial score (nSPS) is 13.8. The van der Waals surface area contributed by atoms with Crippen molar-refractivity contribution in [3.63, 3.8) is 0 Å². The quantitative estimate of drug-likeness (QED) is 0.526. The second-order valence-corrected chi connectivity index (χ2v) is 9.19. The Kier molecular flexibility index (Phi) is 6.00. The highest BCUT2D eigenvalue weighted by atomic mass is 32.2. The van der Waals surface area contributed by atoms with E-state index < -0.39 is 10.0 Å². The smallest absolute Gasteiger partial charge is 0.261 e. The lowest BCUT2D eigenvalue weighted by atomic mass is 10.2. The number of hydrogen-bond donors (Lipinski definition) is 2. The molecular formula is C23H23N3O5S. The van der Waals surface area contributed by atoms with E-state index in [1.165, 1.54) is 12.1 Å². The molecule has 3 aromatic rings. The predicted molar refractivity (Wildman–Crippen MR) is 122 cm³/mol. The number of amides is 1. The van der Waals surface area contributed by atoms with Crippen LogP contribution in [0.3, 0.4) is 0 Å². The maximum Gasteiger partial charge on any atom is 0.261 e. The third kappa shape index (κ3) is 5.00. The molecular weight excluding hydrogens is 430 g/mol. The minimum absolute atomic E-state index is 0.0233. The van der Waals surface area contributed by atoms with Crippen LogP contribution in [0, 0.1) is 12.8 Å². The summed E-state index contributed by atoms with van der Waals surface area (Å²) in [6, 6.07) is 13.0. The standard InChI is InChI=1S/C23H23N3O5S/c1-15-22(24-23(27)17-6-7-17)21(31-25-15)14-5-16-3-12-20(13-4-16)32(28,29)26-18-8-10-19(30-2)11-9-18/h3-5,8-14,17,26H,6-7H2,1-2H3,(H,24,27). The lowest BCUT2D eigenvalue weighted by Crippen LogP contribution is -2.14. The van der Waals surface area contributed by atoms with Gasteiger partial charge in [0.05, 0.1) is 12.0 Å². The Morgan fingerprint density at radius 2 is 1.78 bits per heavy atom. The molecule has 4 rings (SSSR count). The van der Waals surface area contributed by atoms with E-state index in [2.05, 4.69) is 15.2 Å². The molecule has 32 heavy (non-hydrogen) atoms. The Morgan fingerprint density at radius 1 is 1.09 bits per heavy atom. The number of anilines is 2. The van der Waals surface area contributed by atoms with Gasteiger partial charge in [-0.25, -0.2) is 8.42 Å². The van der Waals surface area contributed by atoms with Gasteiger partial charge in [-0.2, -0.15) is 0 Å². The third-order valence-corrected chi connectivity index (χ3v) is 6.44. The minimum atomic E-state index is -3.73.